The summed E-state index contributed by atoms with van der Waals surface area (Å²) in [6.45, 7) is 8.63. The van der Waals surface area contributed by atoms with Gasteiger partial charge >= 0.3 is 0 Å². The highest BCUT2D eigenvalue weighted by atomic mass is 32.2. The molecule has 3 rings (SSSR count). The Balaban J connectivity index is 1.97. The number of amides is 1. The number of thiocarbonyl (C=S) groups is 1. The predicted molar refractivity (Wildman–Crippen MR) is 143 cm³/mol. The van der Waals surface area contributed by atoms with Crippen molar-refractivity contribution in [2.24, 2.45) is 0 Å². The molecule has 0 aromatic carbocycles. The molecule has 1 fully saturated rings. The lowest BCUT2D eigenvalue weighted by atomic mass is 10.1. The van der Waals surface area contributed by atoms with Gasteiger partial charge in [0.2, 0.25) is 0 Å². The van der Waals surface area contributed by atoms with Gasteiger partial charge in [0.25, 0.3) is 11.5 Å². The van der Waals surface area contributed by atoms with Crippen LogP contribution in [0, 0.1) is 0 Å². The second-order valence-corrected chi connectivity index (χ2v) is 9.99. The summed E-state index contributed by atoms with van der Waals surface area (Å²) < 4.78 is 2.11. The molecule has 0 N–H and O–H groups in total. The van der Waals surface area contributed by atoms with Gasteiger partial charge in [0.15, 0.2) is 0 Å². The Hall–Kier alpha value is -2.19. The van der Waals surface area contributed by atoms with Crippen LogP contribution >= 0.6 is 24.0 Å². The normalized spacial score (nSPS) is 15.2. The van der Waals surface area contributed by atoms with Crippen molar-refractivity contribution in [3.05, 3.63) is 45.2 Å². The second-order valence-electron chi connectivity index (χ2n) is 8.32. The Bertz CT molecular complexity index is 1070. The highest BCUT2D eigenvalue weighted by Crippen LogP contribution is 2.33. The van der Waals surface area contributed by atoms with E-state index in [1.54, 1.807) is 21.6 Å². The molecule has 1 aliphatic heterocycles. The maximum atomic E-state index is 13.5. The van der Waals surface area contributed by atoms with Gasteiger partial charge in [-0.25, -0.2) is 4.98 Å². The van der Waals surface area contributed by atoms with Gasteiger partial charge in [-0.05, 0) is 37.5 Å². The van der Waals surface area contributed by atoms with Gasteiger partial charge in [0.05, 0.1) is 10.5 Å². The zero-order valence-electron chi connectivity index (χ0n) is 19.9. The number of aromatic nitrogens is 2. The molecule has 33 heavy (non-hydrogen) atoms. The number of fused-ring (bicyclic) bond motifs is 1. The summed E-state index contributed by atoms with van der Waals surface area (Å²) in [6.07, 6.45) is 10.9. The fraction of sp³-hybridized carbons (Fsp3) is 0.520. The van der Waals surface area contributed by atoms with E-state index in [0.29, 0.717) is 32.8 Å². The van der Waals surface area contributed by atoms with Gasteiger partial charge < -0.3 is 4.90 Å². The Morgan fingerprint density at radius 1 is 1.03 bits per heavy atom. The lowest BCUT2D eigenvalue weighted by molar-refractivity contribution is -0.122. The number of carbonyl (C=O) groups excluding carboxylic acids is 1. The molecule has 0 atom stereocenters. The van der Waals surface area contributed by atoms with Gasteiger partial charge in [-0.15, -0.1) is 0 Å². The zero-order chi connectivity index (χ0) is 23.8. The molecule has 1 aliphatic rings. The van der Waals surface area contributed by atoms with Crippen LogP contribution in [0.15, 0.2) is 34.1 Å². The lowest BCUT2D eigenvalue weighted by Gasteiger charge is -2.24. The minimum absolute atomic E-state index is 0.110. The fourth-order valence-corrected chi connectivity index (χ4v) is 5.31. The molecule has 0 saturated carbocycles. The van der Waals surface area contributed by atoms with E-state index in [1.807, 2.05) is 18.2 Å². The summed E-state index contributed by atoms with van der Waals surface area (Å²) in [7, 11) is 0. The number of hydrogen-bond donors (Lipinski definition) is 0. The number of hydrogen-bond acceptors (Lipinski definition) is 6. The quantitative estimate of drug-likeness (QED) is 0.225. The van der Waals surface area contributed by atoms with Crippen LogP contribution in [0.5, 0.6) is 0 Å². The van der Waals surface area contributed by atoms with E-state index < -0.39 is 0 Å². The van der Waals surface area contributed by atoms with Crippen LogP contribution < -0.4 is 10.5 Å². The molecule has 0 bridgehead atoms. The van der Waals surface area contributed by atoms with Crippen molar-refractivity contribution in [2.75, 3.05) is 24.5 Å². The van der Waals surface area contributed by atoms with Crippen molar-refractivity contribution in [1.82, 2.24) is 14.3 Å². The molecule has 2 aromatic rings. The zero-order valence-corrected chi connectivity index (χ0v) is 21.5. The van der Waals surface area contributed by atoms with Crippen LogP contribution in [0.3, 0.4) is 0 Å². The number of anilines is 1. The summed E-state index contributed by atoms with van der Waals surface area (Å²) >= 11 is 6.79. The Labute approximate surface area is 206 Å². The smallest absolute Gasteiger partial charge is 0.267 e. The van der Waals surface area contributed by atoms with Crippen LogP contribution in [0.25, 0.3) is 11.7 Å². The van der Waals surface area contributed by atoms with Crippen LogP contribution in [-0.4, -0.2) is 44.1 Å². The highest BCUT2D eigenvalue weighted by molar-refractivity contribution is 8.26. The molecular formula is C25H34N4O2S2. The van der Waals surface area contributed by atoms with Crippen molar-refractivity contribution in [3.8, 4) is 0 Å². The van der Waals surface area contributed by atoms with E-state index >= 15 is 0 Å². The molecule has 2 aromatic heterocycles. The summed E-state index contributed by atoms with van der Waals surface area (Å²) in [5.41, 5.74) is 0.883. The fourth-order valence-electron chi connectivity index (χ4n) is 4.02. The number of rotatable bonds is 12. The number of thioether (sulfide) groups is 1. The third-order valence-electron chi connectivity index (χ3n) is 5.67. The third-order valence-corrected chi connectivity index (χ3v) is 7.05. The Morgan fingerprint density at radius 2 is 1.76 bits per heavy atom. The number of carbonyl (C=O) groups is 1. The Morgan fingerprint density at radius 3 is 2.45 bits per heavy atom. The summed E-state index contributed by atoms with van der Waals surface area (Å²) in [5.74, 6) is 0.529. The molecule has 0 unspecified atom stereocenters. The third kappa shape index (κ3) is 6.03. The van der Waals surface area contributed by atoms with Crippen molar-refractivity contribution in [2.45, 2.75) is 65.7 Å². The summed E-state index contributed by atoms with van der Waals surface area (Å²) in [6, 6.07) is 5.52. The molecule has 6 nitrogen and oxygen atoms in total. The van der Waals surface area contributed by atoms with Crippen LogP contribution in [-0.2, 0) is 4.79 Å². The van der Waals surface area contributed by atoms with Crippen molar-refractivity contribution in [3.63, 3.8) is 0 Å². The minimum atomic E-state index is -0.169. The largest absolute Gasteiger partial charge is 0.356 e. The first kappa shape index (κ1) is 25.4. The van der Waals surface area contributed by atoms with Crippen molar-refractivity contribution in [1.29, 1.82) is 0 Å². The lowest BCUT2D eigenvalue weighted by Crippen LogP contribution is -2.31. The number of nitrogens with zero attached hydrogens (tertiary/aromatic N) is 4. The summed E-state index contributed by atoms with van der Waals surface area (Å²) in [4.78, 5) is 35.8. The second kappa shape index (κ2) is 12.3. The van der Waals surface area contributed by atoms with E-state index in [9.17, 15) is 9.59 Å². The molecule has 1 amide bonds. The summed E-state index contributed by atoms with van der Waals surface area (Å²) in [5, 5.41) is 0. The van der Waals surface area contributed by atoms with E-state index in [1.165, 1.54) is 31.0 Å². The van der Waals surface area contributed by atoms with Crippen LogP contribution in [0.2, 0.25) is 0 Å². The van der Waals surface area contributed by atoms with Crippen molar-refractivity contribution >= 4 is 51.7 Å². The molecule has 8 heteroatoms. The minimum Gasteiger partial charge on any atom is -0.356 e. The molecule has 0 radical (unpaired) electrons. The van der Waals surface area contributed by atoms with E-state index in [0.717, 1.165) is 38.8 Å². The molecule has 1 saturated heterocycles. The molecule has 3 heterocycles. The SMILES string of the molecule is CCCCCCCN1C(=O)/C(=C/c2c(N(CCC)CCC)nc3ccccn3c2=O)SC1=S. The first-order chi connectivity index (χ1) is 16.0. The van der Waals surface area contributed by atoms with E-state index in [-0.39, 0.29) is 11.5 Å². The van der Waals surface area contributed by atoms with Gasteiger partial charge in [0, 0.05) is 25.8 Å². The first-order valence-electron chi connectivity index (χ1n) is 12.0. The van der Waals surface area contributed by atoms with E-state index in [2.05, 4.69) is 25.7 Å². The molecule has 178 valence electrons. The average Bonchev–Trinajstić information content (AvgIpc) is 3.07. The first-order valence-corrected chi connectivity index (χ1v) is 13.3. The monoisotopic (exact) mass is 486 g/mol. The molecule has 0 aliphatic carbocycles. The Kier molecular flexibility index (Phi) is 9.50. The predicted octanol–water partition coefficient (Wildman–Crippen LogP) is 5.49. The molecular weight excluding hydrogens is 452 g/mol. The number of unbranched alkanes of at least 4 members (excludes halogenated alkanes) is 4. The highest BCUT2D eigenvalue weighted by Gasteiger charge is 2.32. The van der Waals surface area contributed by atoms with Gasteiger partial charge in [0.1, 0.15) is 15.8 Å². The van der Waals surface area contributed by atoms with Gasteiger partial charge in [-0.1, -0.05) is 76.5 Å². The maximum Gasteiger partial charge on any atom is 0.267 e. The average molecular weight is 487 g/mol. The standard InChI is InChI=1S/C25H34N4O2S2/c1-4-7-8-9-11-17-29-24(31)20(33-25(29)32)18-19-22(27(14-5-2)15-6-3)26-21-13-10-12-16-28(21)23(19)30/h10,12-13,16,18H,4-9,11,14-15,17H2,1-3H3/b20-18-. The van der Waals surface area contributed by atoms with Crippen LogP contribution in [0.1, 0.15) is 71.3 Å². The van der Waals surface area contributed by atoms with Crippen molar-refractivity contribution < 1.29 is 4.79 Å². The molecule has 0 spiro atoms. The van der Waals surface area contributed by atoms with Crippen LogP contribution in [0.4, 0.5) is 5.82 Å². The number of pyridine rings is 1. The van der Waals surface area contributed by atoms with Gasteiger partial charge in [-0.2, -0.15) is 0 Å². The van der Waals surface area contributed by atoms with Gasteiger partial charge in [-0.3, -0.25) is 18.9 Å². The topological polar surface area (TPSA) is 57.9 Å². The maximum absolute atomic E-state index is 13.5. The van der Waals surface area contributed by atoms with E-state index in [4.69, 9.17) is 17.2 Å².